The van der Waals surface area contributed by atoms with Gasteiger partial charge in [-0.3, -0.25) is 4.79 Å². The van der Waals surface area contributed by atoms with E-state index in [2.05, 4.69) is 13.5 Å². The molecule has 0 radical (unpaired) electrons. The predicted molar refractivity (Wildman–Crippen MR) is 89.8 cm³/mol. The summed E-state index contributed by atoms with van der Waals surface area (Å²) in [5.41, 5.74) is 1.02. The van der Waals surface area contributed by atoms with Gasteiger partial charge in [-0.25, -0.2) is 0 Å². The molecular formula is C20H28O3. The summed E-state index contributed by atoms with van der Waals surface area (Å²) in [5, 5.41) is 10.8. The van der Waals surface area contributed by atoms with Crippen molar-refractivity contribution < 1.29 is 14.7 Å². The first-order valence-corrected chi connectivity index (χ1v) is 8.86. The average Bonchev–Trinajstić information content (AvgIpc) is 2.75. The minimum Gasteiger partial charge on any atom is -0.504 e. The van der Waals surface area contributed by atoms with E-state index in [0.29, 0.717) is 5.92 Å². The summed E-state index contributed by atoms with van der Waals surface area (Å²) in [6.07, 6.45) is 3.95. The van der Waals surface area contributed by atoms with Crippen molar-refractivity contribution in [3.05, 3.63) is 23.5 Å². The Kier molecular flexibility index (Phi) is 3.81. The topological polar surface area (TPSA) is 54.4 Å². The molecule has 3 heteroatoms. The van der Waals surface area contributed by atoms with E-state index < -0.39 is 5.41 Å². The fourth-order valence-corrected chi connectivity index (χ4v) is 6.18. The van der Waals surface area contributed by atoms with Gasteiger partial charge in [-0.1, -0.05) is 32.9 Å². The summed E-state index contributed by atoms with van der Waals surface area (Å²) in [7, 11) is 0. The number of ketones is 1. The van der Waals surface area contributed by atoms with Gasteiger partial charge in [0.15, 0.2) is 11.5 Å². The van der Waals surface area contributed by atoms with Gasteiger partial charge in [-0.15, -0.1) is 0 Å². The standard InChI is InChI=1S/C20H28O3/c1-10(2)16-13(5)18(22)19(23)17-11(3)6-7-14-12(4)8-15(16)20(14,17)9-21/h9,11-16,23H,1,6-8H2,2-5H3/t11-,12-,13+,14+,15-,16+,20+/m0/s1. The van der Waals surface area contributed by atoms with Crippen LogP contribution in [-0.4, -0.2) is 17.2 Å². The first kappa shape index (κ1) is 16.5. The molecule has 126 valence electrons. The van der Waals surface area contributed by atoms with E-state index in [1.54, 1.807) is 0 Å². The molecule has 2 saturated carbocycles. The minimum atomic E-state index is -0.675. The maximum absolute atomic E-state index is 12.8. The molecule has 0 bridgehead atoms. The van der Waals surface area contributed by atoms with E-state index in [4.69, 9.17) is 0 Å². The molecule has 0 spiro atoms. The van der Waals surface area contributed by atoms with Gasteiger partial charge in [0.05, 0.1) is 5.41 Å². The zero-order valence-corrected chi connectivity index (χ0v) is 14.6. The van der Waals surface area contributed by atoms with Gasteiger partial charge in [-0.2, -0.15) is 0 Å². The lowest BCUT2D eigenvalue weighted by Crippen LogP contribution is -2.45. The number of hydrogen-bond donors (Lipinski definition) is 1. The van der Waals surface area contributed by atoms with Crippen LogP contribution >= 0.6 is 0 Å². The maximum atomic E-state index is 12.8. The zero-order chi connectivity index (χ0) is 17.1. The number of aliphatic hydroxyl groups is 1. The Morgan fingerprint density at radius 3 is 2.48 bits per heavy atom. The zero-order valence-electron chi connectivity index (χ0n) is 14.6. The van der Waals surface area contributed by atoms with Crippen molar-refractivity contribution in [1.82, 2.24) is 0 Å². The van der Waals surface area contributed by atoms with Gasteiger partial charge in [0, 0.05) is 5.92 Å². The van der Waals surface area contributed by atoms with Gasteiger partial charge in [0.25, 0.3) is 0 Å². The highest BCUT2D eigenvalue weighted by Crippen LogP contribution is 2.65. The summed E-state index contributed by atoms with van der Waals surface area (Å²) in [5.74, 6) is 0.160. The second kappa shape index (κ2) is 5.32. The number of aldehydes is 1. The molecule has 7 atom stereocenters. The molecule has 3 nitrogen and oxygen atoms in total. The van der Waals surface area contributed by atoms with Crippen molar-refractivity contribution in [1.29, 1.82) is 0 Å². The van der Waals surface area contributed by atoms with E-state index in [1.165, 1.54) is 0 Å². The Morgan fingerprint density at radius 2 is 1.91 bits per heavy atom. The minimum absolute atomic E-state index is 0.0369. The molecule has 0 saturated heterocycles. The van der Waals surface area contributed by atoms with Gasteiger partial charge in [0.2, 0.25) is 0 Å². The van der Waals surface area contributed by atoms with Crippen LogP contribution in [0.3, 0.4) is 0 Å². The van der Waals surface area contributed by atoms with E-state index in [9.17, 15) is 14.7 Å². The highest BCUT2D eigenvalue weighted by Gasteiger charge is 2.63. The van der Waals surface area contributed by atoms with Gasteiger partial charge < -0.3 is 9.90 Å². The predicted octanol–water partition coefficient (Wildman–Crippen LogP) is 4.10. The van der Waals surface area contributed by atoms with Crippen molar-refractivity contribution in [2.45, 2.75) is 47.0 Å². The SMILES string of the molecule is C=C(C)[C@@H]1[C@@H](C)C(=O)C(O)=C2[C@@H](C)CC[C@@H]3[C@@H](C)C[C@@H]1[C@]23C=O. The monoisotopic (exact) mass is 316 g/mol. The molecule has 3 aliphatic carbocycles. The molecule has 0 heterocycles. The number of rotatable bonds is 2. The molecule has 3 rings (SSSR count). The average molecular weight is 316 g/mol. The smallest absolute Gasteiger partial charge is 0.200 e. The Morgan fingerprint density at radius 1 is 1.26 bits per heavy atom. The van der Waals surface area contributed by atoms with E-state index >= 15 is 0 Å². The first-order valence-electron chi connectivity index (χ1n) is 8.86. The Hall–Kier alpha value is -1.38. The fourth-order valence-electron chi connectivity index (χ4n) is 6.18. The van der Waals surface area contributed by atoms with Crippen LogP contribution < -0.4 is 0 Å². The molecular weight excluding hydrogens is 288 g/mol. The molecule has 0 aromatic carbocycles. The number of Topliss-reactive ketones (excluding diaryl/α,β-unsaturated/α-hetero) is 1. The summed E-state index contributed by atoms with van der Waals surface area (Å²) in [6, 6.07) is 0. The second-order valence-corrected chi connectivity index (χ2v) is 8.24. The van der Waals surface area contributed by atoms with Crippen molar-refractivity contribution in [2.75, 3.05) is 0 Å². The highest BCUT2D eigenvalue weighted by atomic mass is 16.3. The lowest BCUT2D eigenvalue weighted by Gasteiger charge is -2.46. The van der Waals surface area contributed by atoms with Crippen LogP contribution in [0.4, 0.5) is 0 Å². The Balaban J connectivity index is 2.32. The number of aliphatic hydroxyl groups excluding tert-OH is 1. The lowest BCUT2D eigenvalue weighted by atomic mass is 9.56. The summed E-state index contributed by atoms with van der Waals surface area (Å²) in [4.78, 5) is 25.3. The van der Waals surface area contributed by atoms with Gasteiger partial charge in [-0.05, 0) is 61.3 Å². The molecule has 23 heavy (non-hydrogen) atoms. The summed E-state index contributed by atoms with van der Waals surface area (Å²) < 4.78 is 0. The normalized spacial score (nSPS) is 46.3. The molecule has 0 unspecified atom stereocenters. The first-order chi connectivity index (χ1) is 10.8. The van der Waals surface area contributed by atoms with E-state index in [-0.39, 0.29) is 41.1 Å². The largest absolute Gasteiger partial charge is 0.504 e. The van der Waals surface area contributed by atoms with Crippen LogP contribution in [0.1, 0.15) is 47.0 Å². The van der Waals surface area contributed by atoms with Gasteiger partial charge in [0.1, 0.15) is 6.29 Å². The van der Waals surface area contributed by atoms with Crippen LogP contribution in [0.25, 0.3) is 0 Å². The lowest BCUT2D eigenvalue weighted by molar-refractivity contribution is -0.123. The number of hydrogen-bond acceptors (Lipinski definition) is 3. The molecule has 3 aliphatic rings. The number of carbonyl (C=O) groups is 2. The molecule has 2 fully saturated rings. The molecule has 0 amide bonds. The molecule has 0 aromatic rings. The van der Waals surface area contributed by atoms with Gasteiger partial charge >= 0.3 is 0 Å². The third kappa shape index (κ3) is 1.95. The van der Waals surface area contributed by atoms with E-state index in [0.717, 1.165) is 36.7 Å². The summed E-state index contributed by atoms with van der Waals surface area (Å²) >= 11 is 0. The van der Waals surface area contributed by atoms with Crippen LogP contribution in [0.2, 0.25) is 0 Å². The van der Waals surface area contributed by atoms with Crippen molar-refractivity contribution in [2.24, 2.45) is 40.9 Å². The number of carbonyl (C=O) groups excluding carboxylic acids is 2. The molecule has 0 aromatic heterocycles. The highest BCUT2D eigenvalue weighted by molar-refractivity contribution is 5.97. The molecule has 0 aliphatic heterocycles. The van der Waals surface area contributed by atoms with E-state index in [1.807, 2.05) is 20.8 Å². The van der Waals surface area contributed by atoms with Crippen molar-refractivity contribution in [3.8, 4) is 0 Å². The molecule has 1 N–H and O–H groups in total. The van der Waals surface area contributed by atoms with Crippen molar-refractivity contribution in [3.63, 3.8) is 0 Å². The Labute approximate surface area is 138 Å². The van der Waals surface area contributed by atoms with Crippen LogP contribution in [-0.2, 0) is 9.59 Å². The number of allylic oxidation sites excluding steroid dienone is 3. The second-order valence-electron chi connectivity index (χ2n) is 8.24. The Bertz CT molecular complexity index is 602. The maximum Gasteiger partial charge on any atom is 0.200 e. The van der Waals surface area contributed by atoms with Crippen LogP contribution in [0.15, 0.2) is 23.5 Å². The van der Waals surface area contributed by atoms with Crippen molar-refractivity contribution >= 4 is 12.1 Å². The fraction of sp³-hybridized carbons (Fsp3) is 0.700. The van der Waals surface area contributed by atoms with Crippen LogP contribution in [0, 0.1) is 40.9 Å². The summed E-state index contributed by atoms with van der Waals surface area (Å²) in [6.45, 7) is 12.2. The third-order valence-electron chi connectivity index (χ3n) is 7.05. The third-order valence-corrected chi connectivity index (χ3v) is 7.05. The van der Waals surface area contributed by atoms with Crippen LogP contribution in [0.5, 0.6) is 0 Å². The quantitative estimate of drug-likeness (QED) is 0.616.